The van der Waals surface area contributed by atoms with Gasteiger partial charge in [0.2, 0.25) is 0 Å². The summed E-state index contributed by atoms with van der Waals surface area (Å²) in [4.78, 5) is 15.7. The van der Waals surface area contributed by atoms with Gasteiger partial charge in [0.05, 0.1) is 22.8 Å². The molecular formula is C16H12BrCl2NO2S. The van der Waals surface area contributed by atoms with Gasteiger partial charge in [0.25, 0.3) is 5.91 Å². The minimum atomic E-state index is -0.125. The number of carbonyl (C=O) groups is 1. The van der Waals surface area contributed by atoms with Crippen LogP contribution in [0.1, 0.15) is 10.4 Å². The van der Waals surface area contributed by atoms with Crippen LogP contribution >= 0.6 is 50.9 Å². The van der Waals surface area contributed by atoms with Crippen LogP contribution in [0.2, 0.25) is 10.0 Å². The summed E-state index contributed by atoms with van der Waals surface area (Å²) in [5.74, 6) is 1.09. The molecule has 0 fully saturated rings. The van der Waals surface area contributed by atoms with E-state index in [1.54, 1.807) is 28.8 Å². The van der Waals surface area contributed by atoms with E-state index < -0.39 is 0 Å². The molecule has 2 aromatic rings. The van der Waals surface area contributed by atoms with E-state index in [0.717, 1.165) is 20.8 Å². The molecule has 2 aromatic carbocycles. The third kappa shape index (κ3) is 3.33. The second kappa shape index (κ2) is 6.93. The van der Waals surface area contributed by atoms with Crippen molar-refractivity contribution in [3.05, 3.63) is 50.4 Å². The molecule has 0 N–H and O–H groups in total. The number of methoxy groups -OCH3 is 1. The molecule has 0 unspecified atom stereocenters. The summed E-state index contributed by atoms with van der Waals surface area (Å²) in [6.45, 7) is 0.638. The number of fused-ring (bicyclic) bond motifs is 1. The van der Waals surface area contributed by atoms with E-state index in [9.17, 15) is 4.79 Å². The van der Waals surface area contributed by atoms with Crippen molar-refractivity contribution in [2.24, 2.45) is 0 Å². The molecule has 23 heavy (non-hydrogen) atoms. The quantitative estimate of drug-likeness (QED) is 0.625. The summed E-state index contributed by atoms with van der Waals surface area (Å²) in [6, 6.07) is 9.08. The van der Waals surface area contributed by atoms with Gasteiger partial charge in [-0.1, -0.05) is 39.1 Å². The summed E-state index contributed by atoms with van der Waals surface area (Å²) in [5.41, 5.74) is 1.35. The van der Waals surface area contributed by atoms with Crippen LogP contribution in [0.5, 0.6) is 5.75 Å². The van der Waals surface area contributed by atoms with Crippen molar-refractivity contribution in [2.45, 2.75) is 4.90 Å². The summed E-state index contributed by atoms with van der Waals surface area (Å²) >= 11 is 17.5. The molecule has 1 aliphatic rings. The number of halogens is 3. The molecule has 1 amide bonds. The average Bonchev–Trinajstić information content (AvgIpc) is 2.53. The summed E-state index contributed by atoms with van der Waals surface area (Å²) in [7, 11) is 1.49. The van der Waals surface area contributed by atoms with Crippen molar-refractivity contribution in [2.75, 3.05) is 24.3 Å². The van der Waals surface area contributed by atoms with Crippen molar-refractivity contribution in [3.63, 3.8) is 0 Å². The molecule has 0 atom stereocenters. The van der Waals surface area contributed by atoms with Crippen LogP contribution in [0.25, 0.3) is 0 Å². The first-order chi connectivity index (χ1) is 11.0. The first-order valence-electron chi connectivity index (χ1n) is 6.78. The normalized spacial score (nSPS) is 13.7. The van der Waals surface area contributed by atoms with Gasteiger partial charge >= 0.3 is 0 Å². The Morgan fingerprint density at radius 2 is 1.96 bits per heavy atom. The summed E-state index contributed by atoms with van der Waals surface area (Å²) < 4.78 is 6.12. The van der Waals surface area contributed by atoms with Crippen LogP contribution in [0.3, 0.4) is 0 Å². The molecule has 7 heteroatoms. The minimum absolute atomic E-state index is 0.125. The van der Waals surface area contributed by atoms with Gasteiger partial charge in [-0.2, -0.15) is 0 Å². The van der Waals surface area contributed by atoms with E-state index in [-0.39, 0.29) is 5.91 Å². The number of amides is 1. The van der Waals surface area contributed by atoms with Crippen LogP contribution in [-0.4, -0.2) is 25.3 Å². The highest BCUT2D eigenvalue weighted by atomic mass is 79.9. The molecule has 0 aromatic heterocycles. The molecular weight excluding hydrogens is 421 g/mol. The van der Waals surface area contributed by atoms with Crippen molar-refractivity contribution >= 4 is 62.5 Å². The van der Waals surface area contributed by atoms with Gasteiger partial charge in [-0.25, -0.2) is 0 Å². The van der Waals surface area contributed by atoms with Crippen molar-refractivity contribution in [1.82, 2.24) is 0 Å². The Bertz CT molecular complexity index is 762. The number of thioether (sulfide) groups is 1. The van der Waals surface area contributed by atoms with Gasteiger partial charge in [0.1, 0.15) is 0 Å². The molecule has 0 radical (unpaired) electrons. The van der Waals surface area contributed by atoms with E-state index in [1.807, 2.05) is 18.2 Å². The van der Waals surface area contributed by atoms with Gasteiger partial charge in [0.15, 0.2) is 5.75 Å². The van der Waals surface area contributed by atoms with Crippen LogP contribution in [0, 0.1) is 0 Å². The molecule has 0 saturated heterocycles. The Kier molecular flexibility index (Phi) is 5.11. The number of hydrogen-bond donors (Lipinski definition) is 0. The van der Waals surface area contributed by atoms with Crippen molar-refractivity contribution < 1.29 is 9.53 Å². The number of carbonyl (C=O) groups excluding carboxylic acids is 1. The molecule has 0 aliphatic carbocycles. The van der Waals surface area contributed by atoms with E-state index in [4.69, 9.17) is 27.9 Å². The van der Waals surface area contributed by atoms with Gasteiger partial charge in [-0.15, -0.1) is 11.8 Å². The fourth-order valence-electron chi connectivity index (χ4n) is 2.44. The zero-order valence-electron chi connectivity index (χ0n) is 12.1. The van der Waals surface area contributed by atoms with Crippen LogP contribution in [-0.2, 0) is 0 Å². The number of benzene rings is 2. The Hall–Kier alpha value is -0.880. The van der Waals surface area contributed by atoms with Crippen molar-refractivity contribution in [1.29, 1.82) is 0 Å². The fourth-order valence-corrected chi connectivity index (χ4v) is 4.62. The number of hydrogen-bond acceptors (Lipinski definition) is 3. The molecule has 3 rings (SSSR count). The molecule has 0 spiro atoms. The monoisotopic (exact) mass is 431 g/mol. The zero-order chi connectivity index (χ0) is 16.6. The topological polar surface area (TPSA) is 29.5 Å². The molecule has 3 nitrogen and oxygen atoms in total. The smallest absolute Gasteiger partial charge is 0.258 e. The minimum Gasteiger partial charge on any atom is -0.494 e. The predicted octanol–water partition coefficient (Wildman–Crippen LogP) is 5.52. The molecule has 0 bridgehead atoms. The summed E-state index contributed by atoms with van der Waals surface area (Å²) in [6.07, 6.45) is 0. The van der Waals surface area contributed by atoms with Crippen LogP contribution < -0.4 is 9.64 Å². The maximum Gasteiger partial charge on any atom is 0.258 e. The third-order valence-electron chi connectivity index (χ3n) is 3.48. The number of ether oxygens (including phenoxy) is 1. The number of rotatable bonds is 2. The molecule has 0 saturated carbocycles. The molecule has 1 aliphatic heterocycles. The van der Waals surface area contributed by atoms with Gasteiger partial charge < -0.3 is 9.64 Å². The number of anilines is 1. The van der Waals surface area contributed by atoms with E-state index in [1.165, 1.54) is 7.11 Å². The van der Waals surface area contributed by atoms with Gasteiger partial charge in [-0.05, 0) is 30.3 Å². The Balaban J connectivity index is 1.99. The molecule has 1 heterocycles. The van der Waals surface area contributed by atoms with E-state index >= 15 is 0 Å². The van der Waals surface area contributed by atoms with Gasteiger partial charge in [0, 0.05) is 27.2 Å². The third-order valence-corrected chi connectivity index (χ3v) is 5.56. The Morgan fingerprint density at radius 1 is 1.26 bits per heavy atom. The Morgan fingerprint density at radius 3 is 2.61 bits per heavy atom. The fraction of sp³-hybridized carbons (Fsp3) is 0.188. The number of nitrogens with zero attached hydrogens (tertiary/aromatic N) is 1. The summed E-state index contributed by atoms with van der Waals surface area (Å²) in [5, 5.41) is 0.650. The SMILES string of the molecule is COc1c(Cl)cc(C(=O)N2CCSc3cc(Br)ccc32)cc1Cl. The highest BCUT2D eigenvalue weighted by molar-refractivity contribution is 9.10. The van der Waals surface area contributed by atoms with Gasteiger partial charge in [-0.3, -0.25) is 4.79 Å². The maximum absolute atomic E-state index is 12.9. The second-order valence-corrected chi connectivity index (χ2v) is 7.76. The van der Waals surface area contributed by atoms with Crippen LogP contribution in [0.15, 0.2) is 39.7 Å². The van der Waals surface area contributed by atoms with E-state index in [2.05, 4.69) is 15.9 Å². The van der Waals surface area contributed by atoms with E-state index in [0.29, 0.717) is 27.9 Å². The lowest BCUT2D eigenvalue weighted by Gasteiger charge is -2.29. The van der Waals surface area contributed by atoms with Crippen LogP contribution in [0.4, 0.5) is 5.69 Å². The standard InChI is InChI=1S/C16H12BrCl2NO2S/c1-22-15-11(18)6-9(7-12(15)19)16(21)20-4-5-23-14-8-10(17)2-3-13(14)20/h2-3,6-8H,4-5H2,1H3. The largest absolute Gasteiger partial charge is 0.494 e. The predicted molar refractivity (Wildman–Crippen MR) is 99.6 cm³/mol. The lowest BCUT2D eigenvalue weighted by molar-refractivity contribution is 0.0987. The lowest BCUT2D eigenvalue weighted by Crippen LogP contribution is -2.35. The van der Waals surface area contributed by atoms with Crippen molar-refractivity contribution in [3.8, 4) is 5.75 Å². The second-order valence-electron chi connectivity index (χ2n) is 4.89. The highest BCUT2D eigenvalue weighted by Crippen LogP contribution is 2.39. The maximum atomic E-state index is 12.9. The first kappa shape index (κ1) is 17.0. The average molecular weight is 433 g/mol. The zero-order valence-corrected chi connectivity index (χ0v) is 16.0. The first-order valence-corrected chi connectivity index (χ1v) is 9.32. The Labute approximate surface area is 157 Å². The lowest BCUT2D eigenvalue weighted by atomic mass is 10.1. The highest BCUT2D eigenvalue weighted by Gasteiger charge is 2.25. The molecule has 120 valence electrons.